The van der Waals surface area contributed by atoms with Gasteiger partial charge in [0.2, 0.25) is 5.91 Å². The number of hydrogen-bond donors (Lipinski definition) is 2. The highest BCUT2D eigenvalue weighted by Gasteiger charge is 2.18. The van der Waals surface area contributed by atoms with E-state index in [-0.39, 0.29) is 0 Å². The Labute approximate surface area is 111 Å². The average molecular weight is 280 g/mol. The van der Waals surface area contributed by atoms with Crippen molar-refractivity contribution in [2.75, 3.05) is 23.7 Å². The molecule has 7 heteroatoms. The van der Waals surface area contributed by atoms with Crippen LogP contribution in [-0.2, 0) is 9.53 Å². The summed E-state index contributed by atoms with van der Waals surface area (Å²) in [6.45, 7) is 2.37. The molecule has 1 atom stereocenters. The first kappa shape index (κ1) is 16.4. The molecule has 0 aromatic heterocycles. The lowest BCUT2D eigenvalue weighted by Crippen LogP contribution is -2.46. The molecular weight excluding hydrogens is 260 g/mol. The zero-order chi connectivity index (χ0) is 13.1. The van der Waals surface area contributed by atoms with Crippen molar-refractivity contribution in [2.24, 2.45) is 5.73 Å². The van der Waals surface area contributed by atoms with Crippen molar-refractivity contribution in [3.8, 4) is 0 Å². The number of carbonyl (C=O) groups excluding carboxylic acids is 2. The minimum Gasteiger partial charge on any atom is -0.450 e. The zero-order valence-electron chi connectivity index (χ0n) is 10.2. The van der Waals surface area contributed by atoms with Crippen LogP contribution in [0.25, 0.3) is 0 Å². The number of hydrogen-bond acceptors (Lipinski definition) is 5. The molecule has 0 spiro atoms. The molecule has 0 unspecified atom stereocenters. The zero-order valence-corrected chi connectivity index (χ0v) is 11.9. The van der Waals surface area contributed by atoms with E-state index in [2.05, 4.69) is 5.32 Å². The molecule has 0 radical (unpaired) electrons. The van der Waals surface area contributed by atoms with Gasteiger partial charge < -0.3 is 15.8 Å². The molecule has 0 bridgehead atoms. The van der Waals surface area contributed by atoms with E-state index in [1.165, 1.54) is 0 Å². The summed E-state index contributed by atoms with van der Waals surface area (Å²) >= 11 is 3.21. The van der Waals surface area contributed by atoms with Gasteiger partial charge in [0.15, 0.2) is 0 Å². The summed E-state index contributed by atoms with van der Waals surface area (Å²) in [5.74, 6) is -0.0648. The van der Waals surface area contributed by atoms with Crippen LogP contribution in [0, 0.1) is 0 Å². The number of carbonyl (C=O) groups is 2. The van der Waals surface area contributed by atoms with Crippen LogP contribution in [0.2, 0.25) is 0 Å². The van der Waals surface area contributed by atoms with Gasteiger partial charge in [-0.3, -0.25) is 4.79 Å². The Hall–Kier alpha value is -0.560. The van der Waals surface area contributed by atoms with Gasteiger partial charge in [-0.25, -0.2) is 4.79 Å². The second kappa shape index (κ2) is 10.6. The van der Waals surface area contributed by atoms with Gasteiger partial charge in [-0.15, -0.1) is 11.8 Å². The van der Waals surface area contributed by atoms with Crippen molar-refractivity contribution in [1.29, 1.82) is 0 Å². The van der Waals surface area contributed by atoms with E-state index in [4.69, 9.17) is 10.5 Å². The molecule has 0 heterocycles. The summed E-state index contributed by atoms with van der Waals surface area (Å²) in [6.07, 6.45) is 3.16. The van der Waals surface area contributed by atoms with Crippen LogP contribution >= 0.6 is 23.5 Å². The molecule has 0 aliphatic carbocycles. The van der Waals surface area contributed by atoms with Gasteiger partial charge in [0.05, 0.1) is 6.61 Å². The Balaban J connectivity index is 3.89. The number of nitrogens with two attached hydrogens (primary N) is 1. The van der Waals surface area contributed by atoms with Crippen molar-refractivity contribution in [3.63, 3.8) is 0 Å². The van der Waals surface area contributed by atoms with Crippen LogP contribution < -0.4 is 11.1 Å². The number of ether oxygens (including phenoxy) is 1. The summed E-state index contributed by atoms with van der Waals surface area (Å²) in [4.78, 5) is 22.4. The molecule has 2 amide bonds. The summed E-state index contributed by atoms with van der Waals surface area (Å²) in [6, 6.07) is -0.665. The lowest BCUT2D eigenvalue weighted by atomic mass is 10.3. The first-order valence-electron chi connectivity index (χ1n) is 5.41. The highest BCUT2D eigenvalue weighted by molar-refractivity contribution is 8.15. The Morgan fingerprint density at radius 2 is 2.18 bits per heavy atom. The molecule has 0 aromatic rings. The minimum absolute atomic E-state index is 0.367. The lowest BCUT2D eigenvalue weighted by Gasteiger charge is -2.14. The molecular formula is C10H20N2O3S2. The van der Waals surface area contributed by atoms with E-state index >= 15 is 0 Å². The van der Waals surface area contributed by atoms with E-state index in [0.717, 1.165) is 17.9 Å². The van der Waals surface area contributed by atoms with Gasteiger partial charge in [-0.1, -0.05) is 13.3 Å². The smallest absolute Gasteiger partial charge is 0.407 e. The summed E-state index contributed by atoms with van der Waals surface area (Å²) in [5.41, 5.74) is 5.19. The third kappa shape index (κ3) is 9.17. The molecule has 0 aromatic carbocycles. The van der Waals surface area contributed by atoms with Crippen LogP contribution in [0.4, 0.5) is 4.79 Å². The number of thioether (sulfide) groups is 2. The van der Waals surface area contributed by atoms with E-state index in [9.17, 15) is 9.59 Å². The van der Waals surface area contributed by atoms with E-state index < -0.39 is 18.0 Å². The first-order chi connectivity index (χ1) is 8.11. The molecule has 100 valence electrons. The predicted molar refractivity (Wildman–Crippen MR) is 73.2 cm³/mol. The maximum atomic E-state index is 11.3. The number of unbranched alkanes of at least 4 members (excludes halogenated alkanes) is 1. The first-order valence-corrected chi connectivity index (χ1v) is 7.96. The van der Waals surface area contributed by atoms with E-state index in [1.54, 1.807) is 23.5 Å². The Morgan fingerprint density at radius 3 is 2.71 bits per heavy atom. The highest BCUT2D eigenvalue weighted by Crippen LogP contribution is 2.09. The van der Waals surface area contributed by atoms with Gasteiger partial charge in [-0.05, 0) is 12.7 Å². The second-order valence-corrected chi connectivity index (χ2v) is 5.63. The van der Waals surface area contributed by atoms with Crippen LogP contribution in [0.3, 0.4) is 0 Å². The van der Waals surface area contributed by atoms with Crippen molar-refractivity contribution in [2.45, 2.75) is 25.8 Å². The van der Waals surface area contributed by atoms with Crippen molar-refractivity contribution < 1.29 is 14.3 Å². The third-order valence-corrected chi connectivity index (χ3v) is 4.03. The highest BCUT2D eigenvalue weighted by atomic mass is 32.2. The van der Waals surface area contributed by atoms with E-state index in [0.29, 0.717) is 12.4 Å². The van der Waals surface area contributed by atoms with Gasteiger partial charge in [0.1, 0.15) is 6.04 Å². The summed E-state index contributed by atoms with van der Waals surface area (Å²) in [5, 5.41) is 3.33. The molecule has 0 saturated carbocycles. The molecule has 5 nitrogen and oxygen atoms in total. The third-order valence-electron chi connectivity index (χ3n) is 1.85. The second-order valence-electron chi connectivity index (χ2n) is 3.37. The van der Waals surface area contributed by atoms with Gasteiger partial charge >= 0.3 is 6.09 Å². The minimum atomic E-state index is -0.665. The predicted octanol–water partition coefficient (Wildman–Crippen LogP) is 1.42. The van der Waals surface area contributed by atoms with Crippen molar-refractivity contribution >= 4 is 35.5 Å². The Morgan fingerprint density at radius 1 is 1.47 bits per heavy atom. The number of alkyl carbamates (subject to hydrolysis) is 1. The lowest BCUT2D eigenvalue weighted by molar-refractivity contribution is -0.119. The standard InChI is InChI=1S/C10H20N2O3S2/c1-3-4-5-15-10(14)12-8(9(11)13)6-17-7-16-2/h8H,3-7H2,1-2H3,(H2,11,13)(H,12,14)/t8-/m0/s1. The number of primary amides is 1. The van der Waals surface area contributed by atoms with E-state index in [1.807, 2.05) is 13.2 Å². The maximum absolute atomic E-state index is 11.3. The molecule has 0 aliphatic rings. The molecule has 17 heavy (non-hydrogen) atoms. The summed E-state index contributed by atoms with van der Waals surface area (Å²) in [7, 11) is 0. The maximum Gasteiger partial charge on any atom is 0.407 e. The number of nitrogens with one attached hydrogen (secondary N) is 1. The fraction of sp³-hybridized carbons (Fsp3) is 0.800. The quantitative estimate of drug-likeness (QED) is 0.493. The molecule has 3 N–H and O–H groups in total. The number of amides is 2. The van der Waals surface area contributed by atoms with Gasteiger partial charge in [-0.2, -0.15) is 11.8 Å². The number of rotatable bonds is 9. The van der Waals surface area contributed by atoms with Gasteiger partial charge in [0.25, 0.3) is 0 Å². The van der Waals surface area contributed by atoms with Crippen molar-refractivity contribution in [1.82, 2.24) is 5.32 Å². The largest absolute Gasteiger partial charge is 0.450 e. The monoisotopic (exact) mass is 280 g/mol. The SMILES string of the molecule is CCCCOC(=O)N[C@@H](CSCSC)C(N)=O. The fourth-order valence-electron chi connectivity index (χ4n) is 0.937. The fourth-order valence-corrected chi connectivity index (χ4v) is 2.47. The molecule has 0 aliphatic heterocycles. The molecule has 0 saturated heterocycles. The van der Waals surface area contributed by atoms with Crippen molar-refractivity contribution in [3.05, 3.63) is 0 Å². The molecule has 0 fully saturated rings. The Kier molecular flexibility index (Phi) is 10.2. The van der Waals surface area contributed by atoms with Crippen LogP contribution in [-0.4, -0.2) is 41.7 Å². The normalized spacial score (nSPS) is 11.9. The van der Waals surface area contributed by atoms with Gasteiger partial charge in [0, 0.05) is 10.8 Å². The molecule has 0 rings (SSSR count). The summed E-state index contributed by atoms with van der Waals surface area (Å²) < 4.78 is 4.90. The Bertz CT molecular complexity index is 240. The average Bonchev–Trinajstić information content (AvgIpc) is 2.28. The van der Waals surface area contributed by atoms with Crippen LogP contribution in [0.1, 0.15) is 19.8 Å². The van der Waals surface area contributed by atoms with Crippen LogP contribution in [0.15, 0.2) is 0 Å². The topological polar surface area (TPSA) is 81.4 Å². The van der Waals surface area contributed by atoms with Crippen LogP contribution in [0.5, 0.6) is 0 Å².